The summed E-state index contributed by atoms with van der Waals surface area (Å²) in [5.41, 5.74) is 0. The van der Waals surface area contributed by atoms with Gasteiger partial charge in [-0.25, -0.2) is 0 Å². The summed E-state index contributed by atoms with van der Waals surface area (Å²) in [5.74, 6) is 0. The predicted octanol–water partition coefficient (Wildman–Crippen LogP) is 3.44. The summed E-state index contributed by atoms with van der Waals surface area (Å²) in [6.07, 6.45) is 8.78. The molecule has 2 aliphatic rings. The Morgan fingerprint density at radius 3 is 2.08 bits per heavy atom. The van der Waals surface area contributed by atoms with Crippen molar-refractivity contribution in [3.05, 3.63) is 0 Å². The molecular formula is C12H25N. The van der Waals surface area contributed by atoms with Gasteiger partial charge in [-0.05, 0) is 39.2 Å². The molecule has 1 unspecified atom stereocenters. The quantitative estimate of drug-likeness (QED) is 0.602. The largest absolute Gasteiger partial charge is 0.298 e. The fraction of sp³-hybridized carbons (Fsp3) is 1.00. The first-order valence-electron chi connectivity index (χ1n) is 6.13. The van der Waals surface area contributed by atoms with Crippen molar-refractivity contribution in [3.8, 4) is 0 Å². The van der Waals surface area contributed by atoms with Gasteiger partial charge in [-0.1, -0.05) is 26.7 Å². The van der Waals surface area contributed by atoms with Crippen molar-refractivity contribution in [2.45, 2.75) is 71.4 Å². The van der Waals surface area contributed by atoms with E-state index in [1.165, 1.54) is 45.1 Å². The molecule has 0 spiro atoms. The van der Waals surface area contributed by atoms with E-state index in [9.17, 15) is 0 Å². The molecule has 0 aromatic carbocycles. The van der Waals surface area contributed by atoms with E-state index in [2.05, 4.69) is 11.8 Å². The molecule has 1 saturated heterocycles. The molecule has 1 heteroatoms. The number of hydrogen-bond acceptors (Lipinski definition) is 1. The van der Waals surface area contributed by atoms with E-state index >= 15 is 0 Å². The second-order valence-corrected chi connectivity index (χ2v) is 4.17. The van der Waals surface area contributed by atoms with Gasteiger partial charge in [0.2, 0.25) is 0 Å². The SMILES string of the molecule is CC.CC1CCCCN1C1CCC1. The zero-order chi connectivity index (χ0) is 9.68. The summed E-state index contributed by atoms with van der Waals surface area (Å²) in [5, 5.41) is 0. The second-order valence-electron chi connectivity index (χ2n) is 4.17. The van der Waals surface area contributed by atoms with Crippen LogP contribution < -0.4 is 0 Å². The molecule has 0 radical (unpaired) electrons. The predicted molar refractivity (Wildman–Crippen MR) is 59.0 cm³/mol. The standard InChI is InChI=1S/C10H19N.C2H6/c1-9-5-2-3-8-11(9)10-6-4-7-10;1-2/h9-10H,2-8H2,1H3;1-2H3. The highest BCUT2D eigenvalue weighted by Gasteiger charge is 2.29. The molecule has 0 aromatic rings. The highest BCUT2D eigenvalue weighted by molar-refractivity contribution is 4.85. The van der Waals surface area contributed by atoms with E-state index < -0.39 is 0 Å². The highest BCUT2D eigenvalue weighted by Crippen LogP contribution is 2.30. The second kappa shape index (κ2) is 5.64. The molecule has 1 aliphatic heterocycles. The first-order valence-corrected chi connectivity index (χ1v) is 6.13. The van der Waals surface area contributed by atoms with E-state index in [0.717, 1.165) is 12.1 Å². The van der Waals surface area contributed by atoms with Gasteiger partial charge in [0.15, 0.2) is 0 Å². The molecule has 1 aliphatic carbocycles. The molecule has 78 valence electrons. The van der Waals surface area contributed by atoms with Gasteiger partial charge in [0.1, 0.15) is 0 Å². The van der Waals surface area contributed by atoms with E-state index in [4.69, 9.17) is 0 Å². The Labute approximate surface area is 83.5 Å². The summed E-state index contributed by atoms with van der Waals surface area (Å²) in [4.78, 5) is 2.74. The summed E-state index contributed by atoms with van der Waals surface area (Å²) in [7, 11) is 0. The van der Waals surface area contributed by atoms with Gasteiger partial charge in [0, 0.05) is 12.1 Å². The van der Waals surface area contributed by atoms with Gasteiger partial charge >= 0.3 is 0 Å². The lowest BCUT2D eigenvalue weighted by atomic mass is 9.88. The molecular weight excluding hydrogens is 158 g/mol. The maximum atomic E-state index is 2.74. The Kier molecular flexibility index (Phi) is 4.79. The topological polar surface area (TPSA) is 3.24 Å². The van der Waals surface area contributed by atoms with E-state index in [-0.39, 0.29) is 0 Å². The van der Waals surface area contributed by atoms with Gasteiger partial charge in [-0.15, -0.1) is 0 Å². The lowest BCUT2D eigenvalue weighted by molar-refractivity contribution is 0.0603. The van der Waals surface area contributed by atoms with Crippen molar-refractivity contribution < 1.29 is 0 Å². The Balaban J connectivity index is 0.000000396. The van der Waals surface area contributed by atoms with Crippen LogP contribution in [-0.4, -0.2) is 23.5 Å². The Morgan fingerprint density at radius 2 is 1.62 bits per heavy atom. The van der Waals surface area contributed by atoms with Crippen LogP contribution in [-0.2, 0) is 0 Å². The molecule has 0 N–H and O–H groups in total. The van der Waals surface area contributed by atoms with Crippen molar-refractivity contribution in [2.75, 3.05) is 6.54 Å². The molecule has 13 heavy (non-hydrogen) atoms. The summed E-state index contributed by atoms with van der Waals surface area (Å²) >= 11 is 0. The molecule has 1 nitrogen and oxygen atoms in total. The molecule has 0 bridgehead atoms. The van der Waals surface area contributed by atoms with Gasteiger partial charge in [0.05, 0.1) is 0 Å². The van der Waals surface area contributed by atoms with Gasteiger partial charge in [0.25, 0.3) is 0 Å². The molecule has 1 saturated carbocycles. The molecule has 1 atom stereocenters. The molecule has 2 fully saturated rings. The van der Waals surface area contributed by atoms with Crippen molar-refractivity contribution in [3.63, 3.8) is 0 Å². The lowest BCUT2D eigenvalue weighted by Crippen LogP contribution is -2.47. The summed E-state index contributed by atoms with van der Waals surface area (Å²) in [6.45, 7) is 7.78. The van der Waals surface area contributed by atoms with Crippen LogP contribution in [0.3, 0.4) is 0 Å². The van der Waals surface area contributed by atoms with Crippen molar-refractivity contribution in [1.29, 1.82) is 0 Å². The van der Waals surface area contributed by atoms with Gasteiger partial charge in [-0.3, -0.25) is 4.90 Å². The number of piperidine rings is 1. The number of likely N-dealkylation sites (tertiary alicyclic amines) is 1. The average Bonchev–Trinajstić information content (AvgIpc) is 2.09. The third kappa shape index (κ3) is 2.70. The smallest absolute Gasteiger partial charge is 0.00980 e. The van der Waals surface area contributed by atoms with Crippen LogP contribution in [0.25, 0.3) is 0 Å². The Morgan fingerprint density at radius 1 is 0.923 bits per heavy atom. The van der Waals surface area contributed by atoms with Crippen molar-refractivity contribution >= 4 is 0 Å². The third-order valence-corrected chi connectivity index (χ3v) is 3.40. The fourth-order valence-electron chi connectivity index (χ4n) is 2.38. The molecule has 2 rings (SSSR count). The van der Waals surface area contributed by atoms with E-state index in [1.807, 2.05) is 13.8 Å². The van der Waals surface area contributed by atoms with Gasteiger partial charge < -0.3 is 0 Å². The number of rotatable bonds is 1. The normalized spacial score (nSPS) is 30.2. The van der Waals surface area contributed by atoms with Gasteiger partial charge in [-0.2, -0.15) is 0 Å². The zero-order valence-corrected chi connectivity index (χ0v) is 9.55. The summed E-state index contributed by atoms with van der Waals surface area (Å²) < 4.78 is 0. The Bertz CT molecular complexity index is 127. The minimum Gasteiger partial charge on any atom is -0.298 e. The van der Waals surface area contributed by atoms with Crippen LogP contribution >= 0.6 is 0 Å². The van der Waals surface area contributed by atoms with Crippen LogP contribution in [0, 0.1) is 0 Å². The first-order chi connectivity index (χ1) is 6.38. The average molecular weight is 183 g/mol. The number of hydrogen-bond donors (Lipinski definition) is 0. The van der Waals surface area contributed by atoms with Crippen LogP contribution in [0.4, 0.5) is 0 Å². The third-order valence-electron chi connectivity index (χ3n) is 3.40. The van der Waals surface area contributed by atoms with Crippen molar-refractivity contribution in [2.24, 2.45) is 0 Å². The summed E-state index contributed by atoms with van der Waals surface area (Å²) in [6, 6.07) is 1.86. The fourth-order valence-corrected chi connectivity index (χ4v) is 2.38. The first kappa shape index (κ1) is 11.0. The highest BCUT2D eigenvalue weighted by atomic mass is 15.2. The molecule has 0 amide bonds. The van der Waals surface area contributed by atoms with E-state index in [0.29, 0.717) is 0 Å². The molecule has 1 heterocycles. The van der Waals surface area contributed by atoms with Crippen LogP contribution in [0.2, 0.25) is 0 Å². The van der Waals surface area contributed by atoms with Crippen molar-refractivity contribution in [1.82, 2.24) is 4.90 Å². The zero-order valence-electron chi connectivity index (χ0n) is 9.55. The maximum absolute atomic E-state index is 2.74. The minimum absolute atomic E-state index is 0.883. The number of nitrogens with zero attached hydrogens (tertiary/aromatic N) is 1. The van der Waals surface area contributed by atoms with Crippen LogP contribution in [0.15, 0.2) is 0 Å². The molecule has 0 aromatic heterocycles. The van der Waals surface area contributed by atoms with Crippen LogP contribution in [0.1, 0.15) is 59.3 Å². The van der Waals surface area contributed by atoms with Crippen LogP contribution in [0.5, 0.6) is 0 Å². The minimum atomic E-state index is 0.883. The monoisotopic (exact) mass is 183 g/mol. The Hall–Kier alpha value is -0.0400. The lowest BCUT2D eigenvalue weighted by Gasteiger charge is -2.43. The van der Waals surface area contributed by atoms with E-state index in [1.54, 1.807) is 0 Å². The maximum Gasteiger partial charge on any atom is 0.00980 e.